The molecule has 0 saturated carbocycles. The zero-order valence-corrected chi connectivity index (χ0v) is 18.7. The Morgan fingerprint density at radius 1 is 1.18 bits per heavy atom. The maximum atomic E-state index is 11.7. The van der Waals surface area contributed by atoms with Crippen LogP contribution in [0.4, 0.5) is 28.8 Å². The van der Waals surface area contributed by atoms with Gasteiger partial charge in [0.2, 0.25) is 5.95 Å². The second kappa shape index (κ2) is 9.85. The molecule has 0 bridgehead atoms. The van der Waals surface area contributed by atoms with Crippen molar-refractivity contribution in [3.05, 3.63) is 65.4 Å². The Balaban J connectivity index is 1.62. The highest BCUT2D eigenvalue weighted by molar-refractivity contribution is 5.91. The summed E-state index contributed by atoms with van der Waals surface area (Å²) in [5, 5.41) is 22.2. The highest BCUT2D eigenvalue weighted by Crippen LogP contribution is 2.29. The van der Waals surface area contributed by atoms with Crippen molar-refractivity contribution in [1.29, 1.82) is 0 Å². The molecular formula is C24H27N5O4. The number of nitrogens with zero attached hydrogens (tertiary/aromatic N) is 4. The van der Waals surface area contributed by atoms with Crippen molar-refractivity contribution < 1.29 is 19.7 Å². The highest BCUT2D eigenvalue weighted by Gasteiger charge is 2.16. The third kappa shape index (κ3) is 5.21. The van der Waals surface area contributed by atoms with E-state index in [1.807, 2.05) is 43.1 Å². The zero-order chi connectivity index (χ0) is 23.4. The van der Waals surface area contributed by atoms with E-state index in [1.165, 1.54) is 0 Å². The van der Waals surface area contributed by atoms with Crippen LogP contribution in [0.15, 0.2) is 48.7 Å². The van der Waals surface area contributed by atoms with E-state index in [0.717, 1.165) is 22.5 Å². The summed E-state index contributed by atoms with van der Waals surface area (Å²) in [5.41, 5.74) is 4.38. The number of aryl methyl sites for hydroxylation is 1. The smallest absolute Gasteiger partial charge is 0.335 e. The van der Waals surface area contributed by atoms with Crippen LogP contribution in [0, 0.1) is 6.92 Å². The molecule has 0 radical (unpaired) electrons. The van der Waals surface area contributed by atoms with Gasteiger partial charge in [-0.15, -0.1) is 0 Å². The van der Waals surface area contributed by atoms with Crippen LogP contribution < -0.4 is 15.1 Å². The topological polar surface area (TPSA) is 111 Å². The third-order valence-electron chi connectivity index (χ3n) is 5.60. The number of aliphatic hydroxyl groups is 1. The molecule has 1 aliphatic heterocycles. The van der Waals surface area contributed by atoms with E-state index in [2.05, 4.69) is 20.2 Å². The second-order valence-corrected chi connectivity index (χ2v) is 7.87. The van der Waals surface area contributed by atoms with Crippen molar-refractivity contribution in [1.82, 2.24) is 9.97 Å². The largest absolute Gasteiger partial charge is 0.478 e. The first-order chi connectivity index (χ1) is 15.9. The van der Waals surface area contributed by atoms with E-state index >= 15 is 0 Å². The Morgan fingerprint density at radius 2 is 1.97 bits per heavy atom. The predicted molar refractivity (Wildman–Crippen MR) is 127 cm³/mol. The Hall–Kier alpha value is -3.69. The maximum absolute atomic E-state index is 11.7. The SMILES string of the molecule is Cc1ccc(CO)cc1N(C)c1ccnc(Nc2cc(C(=O)O)cc(N3CCOCC3)c2)n1. The van der Waals surface area contributed by atoms with Gasteiger partial charge in [-0.3, -0.25) is 0 Å². The van der Waals surface area contributed by atoms with Gasteiger partial charge in [0.1, 0.15) is 5.82 Å². The maximum Gasteiger partial charge on any atom is 0.335 e. The van der Waals surface area contributed by atoms with Crippen molar-refractivity contribution in [2.75, 3.05) is 48.5 Å². The molecule has 1 aromatic heterocycles. The molecule has 0 atom stereocenters. The number of carbonyl (C=O) groups is 1. The lowest BCUT2D eigenvalue weighted by atomic mass is 10.1. The molecule has 2 aromatic carbocycles. The molecule has 0 aliphatic carbocycles. The quantitative estimate of drug-likeness (QED) is 0.500. The number of benzene rings is 2. The molecule has 9 nitrogen and oxygen atoms in total. The van der Waals surface area contributed by atoms with Gasteiger partial charge in [-0.1, -0.05) is 12.1 Å². The molecule has 3 N–H and O–H groups in total. The lowest BCUT2D eigenvalue weighted by Crippen LogP contribution is -2.36. The van der Waals surface area contributed by atoms with Crippen molar-refractivity contribution >= 4 is 34.8 Å². The van der Waals surface area contributed by atoms with E-state index in [-0.39, 0.29) is 12.2 Å². The van der Waals surface area contributed by atoms with Crippen LogP contribution in [0.2, 0.25) is 0 Å². The molecule has 3 aromatic rings. The lowest BCUT2D eigenvalue weighted by Gasteiger charge is -2.29. The predicted octanol–water partition coefficient (Wildman–Crippen LogP) is 3.32. The number of nitrogens with one attached hydrogen (secondary N) is 1. The van der Waals surface area contributed by atoms with Gasteiger partial charge in [-0.2, -0.15) is 4.98 Å². The number of aromatic nitrogens is 2. The number of carboxylic acid groups (broad SMARTS) is 1. The molecule has 0 spiro atoms. The monoisotopic (exact) mass is 449 g/mol. The lowest BCUT2D eigenvalue weighted by molar-refractivity contribution is 0.0697. The molecule has 1 saturated heterocycles. The van der Waals surface area contributed by atoms with Crippen molar-refractivity contribution in [2.45, 2.75) is 13.5 Å². The van der Waals surface area contributed by atoms with Crippen molar-refractivity contribution in [3.8, 4) is 0 Å². The number of ether oxygens (including phenoxy) is 1. The first-order valence-corrected chi connectivity index (χ1v) is 10.7. The summed E-state index contributed by atoms with van der Waals surface area (Å²) in [6.07, 6.45) is 1.65. The number of hydrogen-bond donors (Lipinski definition) is 3. The fraction of sp³-hybridized carbons (Fsp3) is 0.292. The van der Waals surface area contributed by atoms with Crippen LogP contribution in [0.25, 0.3) is 0 Å². The van der Waals surface area contributed by atoms with Crippen LogP contribution in [0.5, 0.6) is 0 Å². The number of aromatic carboxylic acids is 1. The summed E-state index contributed by atoms with van der Waals surface area (Å²) in [6.45, 7) is 4.57. The van der Waals surface area contributed by atoms with Gasteiger partial charge < -0.3 is 30.1 Å². The summed E-state index contributed by atoms with van der Waals surface area (Å²) in [6, 6.07) is 12.7. The summed E-state index contributed by atoms with van der Waals surface area (Å²) >= 11 is 0. The van der Waals surface area contributed by atoms with Crippen LogP contribution in [-0.2, 0) is 11.3 Å². The number of morpholine rings is 1. The van der Waals surface area contributed by atoms with Crippen molar-refractivity contribution in [2.24, 2.45) is 0 Å². The fourth-order valence-corrected chi connectivity index (χ4v) is 3.77. The molecule has 172 valence electrons. The second-order valence-electron chi connectivity index (χ2n) is 7.87. The molecule has 0 unspecified atom stereocenters. The normalized spacial score (nSPS) is 13.6. The summed E-state index contributed by atoms with van der Waals surface area (Å²) < 4.78 is 5.41. The van der Waals surface area contributed by atoms with Crippen LogP contribution >= 0.6 is 0 Å². The Morgan fingerprint density at radius 3 is 2.70 bits per heavy atom. The molecule has 9 heteroatoms. The molecule has 4 rings (SSSR count). The average molecular weight is 450 g/mol. The summed E-state index contributed by atoms with van der Waals surface area (Å²) in [5.74, 6) is 0.0149. The minimum absolute atomic E-state index is 0.0386. The molecule has 1 aliphatic rings. The van der Waals surface area contributed by atoms with Gasteiger partial charge >= 0.3 is 5.97 Å². The molecule has 33 heavy (non-hydrogen) atoms. The van der Waals surface area contributed by atoms with Crippen LogP contribution in [0.3, 0.4) is 0 Å². The third-order valence-corrected chi connectivity index (χ3v) is 5.60. The number of rotatable bonds is 7. The van der Waals surface area contributed by atoms with Gasteiger partial charge in [-0.25, -0.2) is 9.78 Å². The number of aliphatic hydroxyl groups excluding tert-OH is 1. The Kier molecular flexibility index (Phi) is 6.71. The molecule has 2 heterocycles. The highest BCUT2D eigenvalue weighted by atomic mass is 16.5. The number of carboxylic acids is 1. The van der Waals surface area contributed by atoms with Crippen LogP contribution in [0.1, 0.15) is 21.5 Å². The first-order valence-electron chi connectivity index (χ1n) is 10.7. The molecule has 1 fully saturated rings. The van der Waals surface area contributed by atoms with Crippen LogP contribution in [-0.4, -0.2) is 59.5 Å². The Bertz CT molecular complexity index is 1150. The van der Waals surface area contributed by atoms with E-state index in [9.17, 15) is 15.0 Å². The van der Waals surface area contributed by atoms with E-state index in [1.54, 1.807) is 24.4 Å². The van der Waals surface area contributed by atoms with Gasteiger partial charge in [0.15, 0.2) is 0 Å². The summed E-state index contributed by atoms with van der Waals surface area (Å²) in [4.78, 5) is 24.7. The van der Waals surface area contributed by atoms with Gasteiger partial charge in [0, 0.05) is 43.4 Å². The Labute approximate surface area is 192 Å². The van der Waals surface area contributed by atoms with E-state index in [0.29, 0.717) is 43.8 Å². The minimum atomic E-state index is -0.998. The van der Waals surface area contributed by atoms with Gasteiger partial charge in [0.05, 0.1) is 25.4 Å². The number of anilines is 5. The number of hydrogen-bond acceptors (Lipinski definition) is 8. The van der Waals surface area contributed by atoms with Crippen molar-refractivity contribution in [3.63, 3.8) is 0 Å². The molecular weight excluding hydrogens is 422 g/mol. The van der Waals surface area contributed by atoms with Gasteiger partial charge in [-0.05, 0) is 48.4 Å². The minimum Gasteiger partial charge on any atom is -0.478 e. The zero-order valence-electron chi connectivity index (χ0n) is 18.7. The summed E-state index contributed by atoms with van der Waals surface area (Å²) in [7, 11) is 1.90. The fourth-order valence-electron chi connectivity index (χ4n) is 3.77. The average Bonchev–Trinajstić information content (AvgIpc) is 2.84. The van der Waals surface area contributed by atoms with Gasteiger partial charge in [0.25, 0.3) is 0 Å². The van der Waals surface area contributed by atoms with E-state index < -0.39 is 5.97 Å². The molecule has 0 amide bonds. The first kappa shape index (κ1) is 22.5. The standard InChI is InChI=1S/C24H27N5O4/c1-16-3-4-17(15-30)11-21(16)28(2)22-5-6-25-24(27-22)26-19-12-18(23(31)32)13-20(14-19)29-7-9-33-10-8-29/h3-6,11-14,30H,7-10,15H2,1-2H3,(H,31,32)(H,25,26,27). The van der Waals surface area contributed by atoms with E-state index in [4.69, 9.17) is 4.74 Å².